The number of benzene rings is 1. The Morgan fingerprint density at radius 1 is 1.47 bits per heavy atom. The zero-order valence-electron chi connectivity index (χ0n) is 10.0. The second-order valence-corrected chi connectivity index (χ2v) is 4.29. The summed E-state index contributed by atoms with van der Waals surface area (Å²) in [4.78, 5) is 0. The smallest absolute Gasteiger partial charge is 0.102 e. The van der Waals surface area contributed by atoms with Crippen LogP contribution >= 0.6 is 11.6 Å². The highest BCUT2D eigenvalue weighted by Crippen LogP contribution is 2.20. The van der Waals surface area contributed by atoms with Crippen LogP contribution in [0.25, 0.3) is 0 Å². The molecule has 0 saturated heterocycles. The van der Waals surface area contributed by atoms with Gasteiger partial charge in [-0.1, -0.05) is 16.8 Å². The van der Waals surface area contributed by atoms with E-state index in [0.717, 1.165) is 5.69 Å². The van der Waals surface area contributed by atoms with E-state index < -0.39 is 0 Å². The molecule has 0 amide bonds. The Hall–Kier alpha value is -2.10. The summed E-state index contributed by atoms with van der Waals surface area (Å²) in [5, 5.41) is 29.2. The van der Waals surface area contributed by atoms with Crippen LogP contribution in [0.1, 0.15) is 11.3 Å². The number of anilines is 1. The monoisotopic (exact) mass is 277 g/mol. The van der Waals surface area contributed by atoms with Gasteiger partial charge in [0.05, 0.1) is 37.1 Å². The number of aliphatic hydroxyl groups is 1. The molecule has 0 fully saturated rings. The molecule has 0 radical (unpaired) electrons. The van der Waals surface area contributed by atoms with E-state index in [4.69, 9.17) is 22.0 Å². The lowest BCUT2D eigenvalue weighted by molar-refractivity contribution is 0.268. The Kier molecular flexibility index (Phi) is 4.34. The Balaban J connectivity index is 2.05. The number of aliphatic hydroxyl groups excluding tert-OH is 1. The molecule has 0 aliphatic carbocycles. The fourth-order valence-electron chi connectivity index (χ4n) is 1.58. The van der Waals surface area contributed by atoms with Crippen LogP contribution < -0.4 is 5.32 Å². The first-order valence-electron chi connectivity index (χ1n) is 5.66. The molecule has 0 aliphatic heterocycles. The van der Waals surface area contributed by atoms with Crippen molar-refractivity contribution in [1.29, 1.82) is 5.26 Å². The van der Waals surface area contributed by atoms with Crippen LogP contribution in [0.4, 0.5) is 5.69 Å². The highest BCUT2D eigenvalue weighted by molar-refractivity contribution is 6.30. The number of rotatable bonds is 5. The van der Waals surface area contributed by atoms with E-state index in [1.807, 2.05) is 0 Å². The summed E-state index contributed by atoms with van der Waals surface area (Å²) in [7, 11) is 0. The topological polar surface area (TPSA) is 86.8 Å². The van der Waals surface area contributed by atoms with Crippen molar-refractivity contribution in [1.82, 2.24) is 15.0 Å². The maximum atomic E-state index is 8.99. The number of hydrogen-bond acceptors (Lipinski definition) is 5. The quantitative estimate of drug-likeness (QED) is 0.863. The van der Waals surface area contributed by atoms with Crippen molar-refractivity contribution >= 4 is 17.3 Å². The largest absolute Gasteiger partial charge is 0.394 e. The molecule has 2 N–H and O–H groups in total. The van der Waals surface area contributed by atoms with Gasteiger partial charge in [-0.2, -0.15) is 5.26 Å². The van der Waals surface area contributed by atoms with Crippen LogP contribution in [0.5, 0.6) is 0 Å². The lowest BCUT2D eigenvalue weighted by atomic mass is 10.2. The minimum atomic E-state index is 0.0170. The number of nitriles is 1. The molecule has 6 nitrogen and oxygen atoms in total. The lowest BCUT2D eigenvalue weighted by Gasteiger charge is -2.06. The van der Waals surface area contributed by atoms with Gasteiger partial charge >= 0.3 is 0 Å². The molecule has 7 heteroatoms. The Morgan fingerprint density at radius 2 is 2.32 bits per heavy atom. The normalized spacial score (nSPS) is 10.2. The van der Waals surface area contributed by atoms with Crippen molar-refractivity contribution in [2.45, 2.75) is 13.1 Å². The molecule has 0 unspecified atom stereocenters. The van der Waals surface area contributed by atoms with Gasteiger partial charge in [-0.25, -0.2) is 4.68 Å². The third-order valence-corrected chi connectivity index (χ3v) is 2.71. The Morgan fingerprint density at radius 3 is 3.05 bits per heavy atom. The molecule has 1 heterocycles. The van der Waals surface area contributed by atoms with Gasteiger partial charge in [-0.15, -0.1) is 5.10 Å². The molecule has 2 rings (SSSR count). The summed E-state index contributed by atoms with van der Waals surface area (Å²) in [5.41, 5.74) is 1.90. The zero-order chi connectivity index (χ0) is 13.7. The van der Waals surface area contributed by atoms with Crippen LogP contribution in [0.3, 0.4) is 0 Å². The lowest BCUT2D eigenvalue weighted by Crippen LogP contribution is -2.02. The van der Waals surface area contributed by atoms with E-state index in [1.165, 1.54) is 0 Å². The SMILES string of the molecule is N#Cc1ccc(Cl)cc1NCc1cn(CCO)nn1. The first kappa shape index (κ1) is 13.3. The molecule has 98 valence electrons. The van der Waals surface area contributed by atoms with Crippen molar-refractivity contribution in [2.75, 3.05) is 11.9 Å². The van der Waals surface area contributed by atoms with Crippen LogP contribution in [-0.2, 0) is 13.1 Å². The molecular formula is C12H12ClN5O. The molecule has 2 aromatic rings. The third kappa shape index (κ3) is 3.44. The first-order chi connectivity index (χ1) is 9.22. The second-order valence-electron chi connectivity index (χ2n) is 3.85. The van der Waals surface area contributed by atoms with E-state index >= 15 is 0 Å². The zero-order valence-corrected chi connectivity index (χ0v) is 10.8. The highest BCUT2D eigenvalue weighted by atomic mass is 35.5. The van der Waals surface area contributed by atoms with Gasteiger partial charge in [-0.3, -0.25) is 0 Å². The predicted molar refractivity (Wildman–Crippen MR) is 70.6 cm³/mol. The highest BCUT2D eigenvalue weighted by Gasteiger charge is 2.05. The maximum absolute atomic E-state index is 8.99. The number of nitrogens with one attached hydrogen (secondary N) is 1. The van der Waals surface area contributed by atoms with Crippen molar-refractivity contribution in [3.05, 3.63) is 40.7 Å². The molecule has 1 aromatic heterocycles. The minimum absolute atomic E-state index is 0.0170. The van der Waals surface area contributed by atoms with E-state index in [2.05, 4.69) is 21.7 Å². The van der Waals surface area contributed by atoms with Gasteiger partial charge < -0.3 is 10.4 Å². The summed E-state index contributed by atoms with van der Waals surface area (Å²) >= 11 is 5.89. The van der Waals surface area contributed by atoms with Crippen molar-refractivity contribution < 1.29 is 5.11 Å². The Bertz CT molecular complexity index is 604. The predicted octanol–water partition coefficient (Wildman–Crippen LogP) is 1.41. The summed E-state index contributed by atoms with van der Waals surface area (Å²) in [6, 6.07) is 7.11. The third-order valence-electron chi connectivity index (χ3n) is 2.48. The molecule has 0 aliphatic rings. The average molecular weight is 278 g/mol. The molecule has 0 bridgehead atoms. The number of aromatic nitrogens is 3. The molecule has 0 saturated carbocycles. The van der Waals surface area contributed by atoms with Crippen LogP contribution in [-0.4, -0.2) is 26.7 Å². The summed E-state index contributed by atoms with van der Waals surface area (Å²) < 4.78 is 1.56. The molecule has 0 spiro atoms. The van der Waals surface area contributed by atoms with Gasteiger partial charge in [-0.05, 0) is 18.2 Å². The number of hydrogen-bond donors (Lipinski definition) is 2. The molecule has 19 heavy (non-hydrogen) atoms. The molecular weight excluding hydrogens is 266 g/mol. The van der Waals surface area contributed by atoms with Crippen molar-refractivity contribution in [2.24, 2.45) is 0 Å². The molecule has 0 atom stereocenters. The van der Waals surface area contributed by atoms with Crippen molar-refractivity contribution in [3.63, 3.8) is 0 Å². The van der Waals surface area contributed by atoms with Gasteiger partial charge in [0.15, 0.2) is 0 Å². The summed E-state index contributed by atoms with van der Waals surface area (Å²) in [5.74, 6) is 0. The van der Waals surface area contributed by atoms with E-state index in [-0.39, 0.29) is 6.61 Å². The van der Waals surface area contributed by atoms with Gasteiger partial charge in [0, 0.05) is 5.02 Å². The van der Waals surface area contributed by atoms with Crippen LogP contribution in [0, 0.1) is 11.3 Å². The minimum Gasteiger partial charge on any atom is -0.394 e. The fourth-order valence-corrected chi connectivity index (χ4v) is 1.75. The Labute approximate surface area is 115 Å². The molecule has 1 aromatic carbocycles. The van der Waals surface area contributed by atoms with Crippen LogP contribution in [0.2, 0.25) is 5.02 Å². The summed E-state index contributed by atoms with van der Waals surface area (Å²) in [6.45, 7) is 0.858. The van der Waals surface area contributed by atoms with Gasteiger partial charge in [0.25, 0.3) is 0 Å². The number of halogens is 1. The van der Waals surface area contributed by atoms with E-state index in [0.29, 0.717) is 29.4 Å². The maximum Gasteiger partial charge on any atom is 0.102 e. The van der Waals surface area contributed by atoms with Gasteiger partial charge in [0.2, 0.25) is 0 Å². The first-order valence-corrected chi connectivity index (χ1v) is 6.04. The standard InChI is InChI=1S/C12H12ClN5O/c13-10-2-1-9(6-14)12(5-10)15-7-11-8-18(3-4-19)17-16-11/h1-2,5,8,15,19H,3-4,7H2. The van der Waals surface area contributed by atoms with E-state index in [1.54, 1.807) is 29.1 Å². The van der Waals surface area contributed by atoms with Gasteiger partial charge in [0.1, 0.15) is 11.8 Å². The average Bonchev–Trinajstić information content (AvgIpc) is 2.85. The van der Waals surface area contributed by atoms with E-state index in [9.17, 15) is 0 Å². The summed E-state index contributed by atoms with van der Waals surface area (Å²) in [6.07, 6.45) is 1.74. The second kappa shape index (κ2) is 6.18. The van der Waals surface area contributed by atoms with Crippen LogP contribution in [0.15, 0.2) is 24.4 Å². The number of nitrogens with zero attached hydrogens (tertiary/aromatic N) is 4. The van der Waals surface area contributed by atoms with Crippen molar-refractivity contribution in [3.8, 4) is 6.07 Å². The fraction of sp³-hybridized carbons (Fsp3) is 0.250.